The molecule has 3 N–H and O–H groups in total. The number of hydrogen-bond acceptors (Lipinski definition) is 7. The molecule has 1 aliphatic rings. The van der Waals surface area contributed by atoms with Gasteiger partial charge in [-0.2, -0.15) is 0 Å². The zero-order valence-electron chi connectivity index (χ0n) is 20.3. The van der Waals surface area contributed by atoms with E-state index >= 15 is 0 Å². The predicted molar refractivity (Wildman–Crippen MR) is 125 cm³/mol. The number of carbonyl (C=O) groups is 3. The Morgan fingerprint density at radius 1 is 1.15 bits per heavy atom. The average Bonchev–Trinajstić information content (AvgIpc) is 2.79. The summed E-state index contributed by atoms with van der Waals surface area (Å²) in [6, 6.07) is 4.21. The highest BCUT2D eigenvalue weighted by Crippen LogP contribution is 2.26. The molecule has 3 amide bonds. The largest absolute Gasteiger partial charge is 0.495 e. The van der Waals surface area contributed by atoms with Gasteiger partial charge in [-0.1, -0.05) is 0 Å². The summed E-state index contributed by atoms with van der Waals surface area (Å²) in [5, 5.41) is 5.34. The molecule has 0 aromatic heterocycles. The highest BCUT2D eigenvalue weighted by molar-refractivity contribution is 7.89. The van der Waals surface area contributed by atoms with E-state index in [1.54, 1.807) is 25.7 Å². The fraction of sp³-hybridized carbons (Fsp3) is 0.591. The van der Waals surface area contributed by atoms with E-state index in [9.17, 15) is 22.8 Å². The predicted octanol–water partition coefficient (Wildman–Crippen LogP) is 1.10. The number of nitrogens with zero attached hydrogens (tertiary/aromatic N) is 1. The minimum Gasteiger partial charge on any atom is -0.495 e. The number of likely N-dealkylation sites (tertiary alicyclic amines) is 1. The normalized spacial score (nSPS) is 16.5. The Hall–Kier alpha value is -2.86. The number of methoxy groups -OCH3 is 1. The molecule has 11 nitrogen and oxygen atoms in total. The maximum atomic E-state index is 13.1. The molecule has 1 aliphatic heterocycles. The van der Waals surface area contributed by atoms with Gasteiger partial charge < -0.3 is 25.0 Å². The van der Waals surface area contributed by atoms with Crippen LogP contribution in [-0.2, 0) is 19.6 Å². The van der Waals surface area contributed by atoms with Crippen LogP contribution in [0.4, 0.5) is 4.79 Å². The molecular weight excluding hydrogens is 464 g/mol. The van der Waals surface area contributed by atoms with Crippen LogP contribution in [0.15, 0.2) is 23.1 Å². The molecule has 0 radical (unpaired) electrons. The molecular formula is C22H34N4O7S. The van der Waals surface area contributed by atoms with Crippen molar-refractivity contribution in [2.45, 2.75) is 44.1 Å². The summed E-state index contributed by atoms with van der Waals surface area (Å²) in [6.07, 6.45) is 0.699. The fourth-order valence-corrected chi connectivity index (χ4v) is 4.41. The lowest BCUT2D eigenvalue weighted by Crippen LogP contribution is -2.46. The second-order valence-electron chi connectivity index (χ2n) is 8.88. The number of carbonyl (C=O) groups excluding carboxylic acids is 3. The van der Waals surface area contributed by atoms with Crippen molar-refractivity contribution in [1.29, 1.82) is 0 Å². The monoisotopic (exact) mass is 498 g/mol. The number of rotatable bonds is 8. The van der Waals surface area contributed by atoms with E-state index in [1.165, 1.54) is 32.4 Å². The minimum atomic E-state index is -3.83. The van der Waals surface area contributed by atoms with Crippen molar-refractivity contribution >= 4 is 27.9 Å². The standard InChI is InChI=1S/C22H34N4O7S/c1-22(2,3)33-21(29)25-11-10-24-19(27)16-7-6-12-26(14-16)20(28)15-8-9-17(32-5)18(13-15)34(30,31)23-4/h8-9,13,16,23H,6-7,10-12,14H2,1-5H3,(H,24,27)(H,25,29). The van der Waals surface area contributed by atoms with Crippen LogP contribution in [0.3, 0.4) is 0 Å². The van der Waals surface area contributed by atoms with Gasteiger partial charge in [-0.3, -0.25) is 9.59 Å². The third kappa shape index (κ3) is 7.59. The lowest BCUT2D eigenvalue weighted by atomic mass is 9.96. The van der Waals surface area contributed by atoms with Gasteiger partial charge in [0.25, 0.3) is 5.91 Å². The zero-order valence-corrected chi connectivity index (χ0v) is 21.1. The number of ether oxygens (including phenoxy) is 2. The first-order valence-corrected chi connectivity index (χ1v) is 12.5. The van der Waals surface area contributed by atoms with Gasteiger partial charge in [-0.15, -0.1) is 0 Å². The molecule has 1 unspecified atom stereocenters. The molecule has 1 atom stereocenters. The van der Waals surface area contributed by atoms with Gasteiger partial charge >= 0.3 is 6.09 Å². The molecule has 1 saturated heterocycles. The van der Waals surface area contributed by atoms with Crippen molar-refractivity contribution in [3.63, 3.8) is 0 Å². The lowest BCUT2D eigenvalue weighted by molar-refractivity contribution is -0.126. The molecule has 0 aliphatic carbocycles. The number of nitrogens with one attached hydrogen (secondary N) is 3. The topological polar surface area (TPSA) is 143 Å². The molecule has 0 bridgehead atoms. The average molecular weight is 499 g/mol. The summed E-state index contributed by atoms with van der Waals surface area (Å²) in [6.45, 7) is 6.40. The SMILES string of the molecule is CNS(=O)(=O)c1cc(C(=O)N2CCCC(C(=O)NCCNC(=O)OC(C)(C)C)C2)ccc1OC. The third-order valence-corrected chi connectivity index (χ3v) is 6.58. The van der Waals surface area contributed by atoms with Crippen molar-refractivity contribution in [3.05, 3.63) is 23.8 Å². The summed E-state index contributed by atoms with van der Waals surface area (Å²) in [4.78, 5) is 38.7. The van der Waals surface area contributed by atoms with E-state index in [0.29, 0.717) is 19.4 Å². The Labute approximate surface area is 200 Å². The van der Waals surface area contributed by atoms with Crippen LogP contribution < -0.4 is 20.1 Å². The molecule has 190 valence electrons. The van der Waals surface area contributed by atoms with Crippen LogP contribution in [0.25, 0.3) is 0 Å². The van der Waals surface area contributed by atoms with Gasteiger partial charge in [0.05, 0.1) is 13.0 Å². The lowest BCUT2D eigenvalue weighted by Gasteiger charge is -2.32. The Morgan fingerprint density at radius 3 is 2.44 bits per heavy atom. The molecule has 0 spiro atoms. The second-order valence-corrected chi connectivity index (χ2v) is 10.7. The molecule has 12 heteroatoms. The van der Waals surface area contributed by atoms with E-state index in [2.05, 4.69) is 15.4 Å². The van der Waals surface area contributed by atoms with Crippen LogP contribution in [0, 0.1) is 5.92 Å². The number of piperidine rings is 1. The molecule has 2 rings (SSSR count). The second kappa shape index (κ2) is 11.5. The summed E-state index contributed by atoms with van der Waals surface area (Å²) < 4.78 is 37.1. The molecule has 1 aromatic carbocycles. The van der Waals surface area contributed by atoms with Gasteiger partial charge in [0, 0.05) is 31.7 Å². The molecule has 0 saturated carbocycles. The molecule has 34 heavy (non-hydrogen) atoms. The highest BCUT2D eigenvalue weighted by atomic mass is 32.2. The van der Waals surface area contributed by atoms with Crippen molar-refractivity contribution in [1.82, 2.24) is 20.3 Å². The fourth-order valence-electron chi connectivity index (χ4n) is 3.50. The number of hydrogen-bond donors (Lipinski definition) is 3. The van der Waals surface area contributed by atoms with Crippen molar-refractivity contribution in [2.75, 3.05) is 40.3 Å². The summed E-state index contributed by atoms with van der Waals surface area (Å²) in [7, 11) is -1.20. The molecule has 1 fully saturated rings. The van der Waals surface area contributed by atoms with Crippen molar-refractivity contribution in [3.8, 4) is 5.75 Å². The van der Waals surface area contributed by atoms with Gasteiger partial charge in [-0.05, 0) is 58.9 Å². The van der Waals surface area contributed by atoms with Crippen LogP contribution in [0.5, 0.6) is 5.75 Å². The van der Waals surface area contributed by atoms with Gasteiger partial charge in [0.2, 0.25) is 15.9 Å². The van der Waals surface area contributed by atoms with E-state index < -0.39 is 27.6 Å². The maximum Gasteiger partial charge on any atom is 0.407 e. The van der Waals surface area contributed by atoms with Gasteiger partial charge in [0.15, 0.2) is 0 Å². The first-order valence-electron chi connectivity index (χ1n) is 11.0. The Bertz CT molecular complexity index is 1000. The third-order valence-electron chi connectivity index (χ3n) is 5.14. The Morgan fingerprint density at radius 2 is 1.82 bits per heavy atom. The van der Waals surface area contributed by atoms with Gasteiger partial charge in [0.1, 0.15) is 16.2 Å². The highest BCUT2D eigenvalue weighted by Gasteiger charge is 2.30. The van der Waals surface area contributed by atoms with E-state index in [1.807, 2.05) is 0 Å². The van der Waals surface area contributed by atoms with Crippen LogP contribution in [-0.4, -0.2) is 77.2 Å². The first-order chi connectivity index (χ1) is 15.9. The first kappa shape index (κ1) is 27.4. The molecule has 1 aromatic rings. The number of sulfonamides is 1. The van der Waals surface area contributed by atoms with Crippen LogP contribution in [0.1, 0.15) is 44.0 Å². The van der Waals surface area contributed by atoms with Gasteiger partial charge in [-0.25, -0.2) is 17.9 Å². The zero-order chi connectivity index (χ0) is 25.5. The number of benzene rings is 1. The van der Waals surface area contributed by atoms with Crippen molar-refractivity contribution in [2.24, 2.45) is 5.92 Å². The molecule has 1 heterocycles. The van der Waals surface area contributed by atoms with E-state index in [4.69, 9.17) is 9.47 Å². The number of alkyl carbamates (subject to hydrolysis) is 1. The van der Waals surface area contributed by atoms with Crippen LogP contribution >= 0.6 is 0 Å². The van der Waals surface area contributed by atoms with Crippen molar-refractivity contribution < 1.29 is 32.3 Å². The van der Waals surface area contributed by atoms with E-state index in [0.717, 1.165) is 0 Å². The minimum absolute atomic E-state index is 0.127. The summed E-state index contributed by atoms with van der Waals surface area (Å²) in [5.41, 5.74) is -0.412. The Balaban J connectivity index is 1.96. The maximum absolute atomic E-state index is 13.1. The summed E-state index contributed by atoms with van der Waals surface area (Å²) >= 11 is 0. The smallest absolute Gasteiger partial charge is 0.407 e. The van der Waals surface area contributed by atoms with E-state index in [-0.39, 0.29) is 47.7 Å². The Kier molecular flexibility index (Phi) is 9.28. The quantitative estimate of drug-likeness (QED) is 0.455. The van der Waals surface area contributed by atoms with Crippen LogP contribution in [0.2, 0.25) is 0 Å². The number of amides is 3. The summed E-state index contributed by atoms with van der Waals surface area (Å²) in [5.74, 6) is -0.851.